The monoisotopic (exact) mass is 535 g/mol. The summed E-state index contributed by atoms with van der Waals surface area (Å²) in [7, 11) is -4.08. The Bertz CT molecular complexity index is 1280. The molecule has 0 aliphatic heterocycles. The molecule has 0 fully saturated rings. The quantitative estimate of drug-likeness (QED) is 0.354. The number of rotatable bonds is 8. The highest BCUT2D eigenvalue weighted by Crippen LogP contribution is 2.45. The smallest absolute Gasteiger partial charge is 0.349 e. The average molecular weight is 537 g/mol. The van der Waals surface area contributed by atoms with Crippen LogP contribution in [0.4, 0.5) is 5.69 Å². The molecule has 8 nitrogen and oxygen atoms in total. The number of aromatic carboxylic acids is 1. The molecule has 32 heavy (non-hydrogen) atoms. The Balaban J connectivity index is 1.91. The maximum atomic E-state index is 12.7. The molecule has 0 bridgehead atoms. The third kappa shape index (κ3) is 5.11. The number of halogens is 3. The van der Waals surface area contributed by atoms with Gasteiger partial charge in [0.15, 0.2) is 17.2 Å². The van der Waals surface area contributed by atoms with Crippen molar-refractivity contribution in [3.05, 3.63) is 62.4 Å². The van der Waals surface area contributed by atoms with Crippen molar-refractivity contribution < 1.29 is 33.0 Å². The first-order valence-electron chi connectivity index (χ1n) is 8.48. The molecule has 0 saturated carbocycles. The fourth-order valence-electron chi connectivity index (χ4n) is 2.62. The predicted molar refractivity (Wildman–Crippen MR) is 122 cm³/mol. The van der Waals surface area contributed by atoms with E-state index in [1.807, 2.05) is 0 Å². The van der Waals surface area contributed by atoms with Crippen LogP contribution in [0.15, 0.2) is 47.4 Å². The van der Waals surface area contributed by atoms with Crippen LogP contribution in [0, 0.1) is 0 Å². The second kappa shape index (κ2) is 9.55. The molecule has 13 heteroatoms. The summed E-state index contributed by atoms with van der Waals surface area (Å²) in [6.45, 7) is -0.762. The summed E-state index contributed by atoms with van der Waals surface area (Å²) in [5.41, 5.74) is 0.657. The second-order valence-electron chi connectivity index (χ2n) is 6.12. The van der Waals surface area contributed by atoms with Gasteiger partial charge in [0.2, 0.25) is 0 Å². The van der Waals surface area contributed by atoms with E-state index in [1.165, 1.54) is 42.5 Å². The van der Waals surface area contributed by atoms with Crippen molar-refractivity contribution >= 4 is 73.8 Å². The van der Waals surface area contributed by atoms with Crippen molar-refractivity contribution in [3.63, 3.8) is 0 Å². The minimum atomic E-state index is -4.08. The number of hydrogen-bond donors (Lipinski definition) is 3. The van der Waals surface area contributed by atoms with Gasteiger partial charge in [-0.25, -0.2) is 18.0 Å². The van der Waals surface area contributed by atoms with Crippen molar-refractivity contribution in [2.45, 2.75) is 4.90 Å². The van der Waals surface area contributed by atoms with Gasteiger partial charge in [0.1, 0.15) is 9.92 Å². The third-order valence-electron chi connectivity index (χ3n) is 3.93. The Morgan fingerprint density at radius 2 is 1.59 bits per heavy atom. The maximum absolute atomic E-state index is 12.7. The Kier molecular flexibility index (Phi) is 7.21. The van der Waals surface area contributed by atoms with Gasteiger partial charge >= 0.3 is 11.9 Å². The first-order chi connectivity index (χ1) is 15.0. The molecule has 0 spiro atoms. The highest BCUT2D eigenvalue weighted by atomic mass is 35.5. The van der Waals surface area contributed by atoms with Crippen LogP contribution in [-0.4, -0.2) is 37.2 Å². The molecule has 168 valence electrons. The van der Waals surface area contributed by atoms with Crippen LogP contribution in [0.2, 0.25) is 15.1 Å². The normalized spacial score (nSPS) is 11.2. The molecule has 1 aromatic heterocycles. The first-order valence-corrected chi connectivity index (χ1v) is 11.9. The summed E-state index contributed by atoms with van der Waals surface area (Å²) < 4.78 is 32.7. The number of ether oxygens (including phenoxy) is 1. The Labute approximate surface area is 201 Å². The lowest BCUT2D eigenvalue weighted by atomic mass is 10.1. The zero-order valence-electron chi connectivity index (χ0n) is 15.6. The summed E-state index contributed by atoms with van der Waals surface area (Å²) in [5.74, 6) is -2.87. The summed E-state index contributed by atoms with van der Waals surface area (Å²) >= 11 is 19.0. The van der Waals surface area contributed by atoms with E-state index in [4.69, 9.17) is 44.6 Å². The Hall–Kier alpha value is -2.50. The third-order valence-corrected chi connectivity index (χ3v) is 7.95. The molecule has 2 aromatic carbocycles. The first kappa shape index (κ1) is 24.1. The number of thiophene rings is 1. The molecule has 0 aliphatic rings. The van der Waals surface area contributed by atoms with E-state index >= 15 is 0 Å². The topological polar surface area (TPSA) is 130 Å². The van der Waals surface area contributed by atoms with Gasteiger partial charge < -0.3 is 14.9 Å². The lowest BCUT2D eigenvalue weighted by Gasteiger charge is -2.11. The number of carboxylic acids is 2. The number of hydrogen-bond acceptors (Lipinski definition) is 6. The summed E-state index contributed by atoms with van der Waals surface area (Å²) in [5, 5.41) is 18.0. The van der Waals surface area contributed by atoms with Gasteiger partial charge in [-0.3, -0.25) is 4.72 Å². The van der Waals surface area contributed by atoms with Crippen molar-refractivity contribution in [2.24, 2.45) is 0 Å². The zero-order valence-corrected chi connectivity index (χ0v) is 19.5. The van der Waals surface area contributed by atoms with Crippen LogP contribution in [0.3, 0.4) is 0 Å². The molecule has 3 N–H and O–H groups in total. The minimum absolute atomic E-state index is 0.0397. The summed E-state index contributed by atoms with van der Waals surface area (Å²) in [6.07, 6.45) is 0. The minimum Gasteiger partial charge on any atom is -0.479 e. The van der Waals surface area contributed by atoms with Crippen LogP contribution in [0.25, 0.3) is 10.4 Å². The molecular weight excluding hydrogens is 525 g/mol. The number of anilines is 1. The number of sulfonamides is 1. The molecule has 3 rings (SSSR count). The van der Waals surface area contributed by atoms with Crippen LogP contribution in [-0.2, 0) is 14.8 Å². The second-order valence-corrected chi connectivity index (χ2v) is 9.96. The number of aliphatic carboxylic acids is 1. The van der Waals surface area contributed by atoms with Crippen molar-refractivity contribution in [2.75, 3.05) is 11.3 Å². The average Bonchev–Trinajstić information content (AvgIpc) is 3.03. The highest BCUT2D eigenvalue weighted by molar-refractivity contribution is 7.93. The van der Waals surface area contributed by atoms with Crippen molar-refractivity contribution in [1.29, 1.82) is 0 Å². The molecular formula is C19H12Cl3NO7S2. The van der Waals surface area contributed by atoms with E-state index in [-0.39, 0.29) is 36.3 Å². The van der Waals surface area contributed by atoms with Crippen LogP contribution in [0.1, 0.15) is 9.67 Å². The summed E-state index contributed by atoms with van der Waals surface area (Å²) in [4.78, 5) is 22.0. The molecule has 0 radical (unpaired) electrons. The fraction of sp³-hybridized carbons (Fsp3) is 0.0526. The van der Waals surface area contributed by atoms with E-state index in [1.54, 1.807) is 0 Å². The fourth-order valence-corrected chi connectivity index (χ4v) is 6.24. The van der Waals surface area contributed by atoms with Gasteiger partial charge in [-0.05, 0) is 29.8 Å². The van der Waals surface area contributed by atoms with E-state index in [0.29, 0.717) is 10.4 Å². The highest BCUT2D eigenvalue weighted by Gasteiger charge is 2.25. The van der Waals surface area contributed by atoms with E-state index in [2.05, 4.69) is 4.72 Å². The number of benzene rings is 2. The van der Waals surface area contributed by atoms with Crippen LogP contribution in [0.5, 0.6) is 5.75 Å². The van der Waals surface area contributed by atoms with Gasteiger partial charge in [-0.2, -0.15) is 0 Å². The van der Waals surface area contributed by atoms with Crippen LogP contribution >= 0.6 is 46.1 Å². The van der Waals surface area contributed by atoms with Crippen LogP contribution < -0.4 is 9.46 Å². The van der Waals surface area contributed by atoms with Crippen molar-refractivity contribution in [1.82, 2.24) is 0 Å². The molecule has 1 heterocycles. The van der Waals surface area contributed by atoms with Gasteiger partial charge in [-0.1, -0.05) is 53.0 Å². The van der Waals surface area contributed by atoms with E-state index in [9.17, 15) is 23.1 Å². The van der Waals surface area contributed by atoms with E-state index in [0.717, 1.165) is 11.3 Å². The van der Waals surface area contributed by atoms with Gasteiger partial charge in [0.25, 0.3) is 10.0 Å². The molecule has 0 atom stereocenters. The number of nitrogens with one attached hydrogen (secondary N) is 1. The van der Waals surface area contributed by atoms with Gasteiger partial charge in [-0.15, -0.1) is 11.3 Å². The molecule has 0 saturated heterocycles. The molecule has 3 aromatic rings. The largest absolute Gasteiger partial charge is 0.479 e. The van der Waals surface area contributed by atoms with Gasteiger partial charge in [0.05, 0.1) is 14.9 Å². The lowest BCUT2D eigenvalue weighted by Crippen LogP contribution is -2.14. The number of carboxylic acid groups (broad SMARTS) is 2. The Morgan fingerprint density at radius 1 is 1.00 bits per heavy atom. The standard InChI is InChI=1S/C19H12Cl3NO7S2/c20-11-2-1-3-12(21)18(11)32(28,29)23-10-6-4-9(5-7-10)16-14(22)15(30-8-13(24)25)17(31-16)19(26)27/h1-7,23H,8H2,(H,24,25)(H,26,27). The Morgan fingerprint density at radius 3 is 2.12 bits per heavy atom. The molecule has 0 aliphatic carbocycles. The summed E-state index contributed by atoms with van der Waals surface area (Å²) in [6, 6.07) is 10.2. The lowest BCUT2D eigenvalue weighted by molar-refractivity contribution is -0.139. The van der Waals surface area contributed by atoms with E-state index < -0.39 is 28.6 Å². The van der Waals surface area contributed by atoms with Crippen molar-refractivity contribution in [3.8, 4) is 16.2 Å². The SMILES string of the molecule is O=C(O)COc1c(C(=O)O)sc(-c2ccc(NS(=O)(=O)c3c(Cl)cccc3Cl)cc2)c1Cl. The maximum Gasteiger partial charge on any atom is 0.349 e. The molecule has 0 unspecified atom stereocenters. The number of carbonyl (C=O) groups is 2. The predicted octanol–water partition coefficient (Wildman–Crippen LogP) is 5.34. The van der Waals surface area contributed by atoms with Gasteiger partial charge in [0, 0.05) is 5.69 Å². The molecule has 0 amide bonds. The zero-order chi connectivity index (χ0) is 23.6.